The van der Waals surface area contributed by atoms with E-state index in [1.165, 1.54) is 32.4 Å². The molecule has 0 fully saturated rings. The topological polar surface area (TPSA) is 94.2 Å². The van der Waals surface area contributed by atoms with Gasteiger partial charge >= 0.3 is 0 Å². The SMILES string of the molecule is CCOc1ccc(CCCNC(=O)CN(c2ccccc2)S(=O)(=O)c2ccc(OC)c(OC)c2)cc1. The van der Waals surface area contributed by atoms with Crippen LogP contribution in [-0.4, -0.2) is 48.2 Å². The summed E-state index contributed by atoms with van der Waals surface area (Å²) in [6, 6.07) is 20.7. The quantitative estimate of drug-likeness (QED) is 0.347. The van der Waals surface area contributed by atoms with Gasteiger partial charge in [-0.3, -0.25) is 9.10 Å². The highest BCUT2D eigenvalue weighted by Crippen LogP contribution is 2.32. The zero-order valence-corrected chi connectivity index (χ0v) is 21.6. The Morgan fingerprint density at radius 2 is 1.61 bits per heavy atom. The summed E-state index contributed by atoms with van der Waals surface area (Å²) in [5, 5.41) is 2.83. The first-order valence-corrected chi connectivity index (χ1v) is 13.1. The average molecular weight is 513 g/mol. The first kappa shape index (κ1) is 26.9. The van der Waals surface area contributed by atoms with Gasteiger partial charge in [-0.05, 0) is 61.7 Å². The summed E-state index contributed by atoms with van der Waals surface area (Å²) in [6.07, 6.45) is 1.49. The highest BCUT2D eigenvalue weighted by Gasteiger charge is 2.28. The Morgan fingerprint density at radius 3 is 2.25 bits per heavy atom. The van der Waals surface area contributed by atoms with Crippen molar-refractivity contribution < 1.29 is 27.4 Å². The van der Waals surface area contributed by atoms with Crippen molar-refractivity contribution in [3.8, 4) is 17.2 Å². The van der Waals surface area contributed by atoms with Gasteiger partial charge in [-0.25, -0.2) is 8.42 Å². The molecular weight excluding hydrogens is 480 g/mol. The lowest BCUT2D eigenvalue weighted by Crippen LogP contribution is -2.41. The van der Waals surface area contributed by atoms with Crippen molar-refractivity contribution >= 4 is 21.6 Å². The second-order valence-corrected chi connectivity index (χ2v) is 9.76. The van der Waals surface area contributed by atoms with Gasteiger partial charge in [-0.2, -0.15) is 0 Å². The maximum Gasteiger partial charge on any atom is 0.264 e. The van der Waals surface area contributed by atoms with Crippen LogP contribution in [0, 0.1) is 0 Å². The van der Waals surface area contributed by atoms with Crippen molar-refractivity contribution in [3.05, 3.63) is 78.4 Å². The number of aryl methyl sites for hydroxylation is 1. The third-order valence-corrected chi connectivity index (χ3v) is 7.24. The van der Waals surface area contributed by atoms with E-state index in [2.05, 4.69) is 5.32 Å². The van der Waals surface area contributed by atoms with Crippen molar-refractivity contribution in [2.24, 2.45) is 0 Å². The van der Waals surface area contributed by atoms with E-state index >= 15 is 0 Å². The Morgan fingerprint density at radius 1 is 0.917 bits per heavy atom. The van der Waals surface area contributed by atoms with Crippen molar-refractivity contribution in [1.82, 2.24) is 5.32 Å². The van der Waals surface area contributed by atoms with Crippen LogP contribution in [0.5, 0.6) is 17.2 Å². The zero-order chi connectivity index (χ0) is 26.0. The Hall–Kier alpha value is -3.72. The molecule has 3 rings (SSSR count). The maximum absolute atomic E-state index is 13.6. The molecule has 0 heterocycles. The lowest BCUT2D eigenvalue weighted by molar-refractivity contribution is -0.119. The van der Waals surface area contributed by atoms with Gasteiger partial charge in [0.2, 0.25) is 5.91 Å². The number of anilines is 1. The normalized spacial score (nSPS) is 11.0. The Balaban J connectivity index is 1.68. The first-order chi connectivity index (χ1) is 17.4. The Bertz CT molecular complexity index is 1230. The van der Waals surface area contributed by atoms with Crippen molar-refractivity contribution in [1.29, 1.82) is 0 Å². The molecule has 0 radical (unpaired) electrons. The number of ether oxygens (including phenoxy) is 3. The number of benzene rings is 3. The molecule has 0 aromatic heterocycles. The van der Waals surface area contributed by atoms with Crippen LogP contribution in [-0.2, 0) is 21.2 Å². The van der Waals surface area contributed by atoms with Crippen LogP contribution >= 0.6 is 0 Å². The van der Waals surface area contributed by atoms with Crippen LogP contribution in [0.1, 0.15) is 18.9 Å². The molecule has 3 aromatic rings. The van der Waals surface area contributed by atoms with Crippen LogP contribution in [0.15, 0.2) is 77.7 Å². The van der Waals surface area contributed by atoms with Gasteiger partial charge < -0.3 is 19.5 Å². The molecule has 0 aliphatic carbocycles. The molecule has 0 bridgehead atoms. The third-order valence-electron chi connectivity index (χ3n) is 5.47. The van der Waals surface area contributed by atoms with Gasteiger partial charge in [0.15, 0.2) is 11.5 Å². The fraction of sp³-hybridized carbons (Fsp3) is 0.296. The number of amides is 1. The largest absolute Gasteiger partial charge is 0.494 e. The van der Waals surface area contributed by atoms with Gasteiger partial charge in [-0.15, -0.1) is 0 Å². The minimum Gasteiger partial charge on any atom is -0.494 e. The summed E-state index contributed by atoms with van der Waals surface area (Å²) in [4.78, 5) is 12.8. The number of carbonyl (C=O) groups is 1. The van der Waals surface area contributed by atoms with Gasteiger partial charge in [0.05, 0.1) is 31.4 Å². The summed E-state index contributed by atoms with van der Waals surface area (Å²) in [5.74, 6) is 1.12. The number of nitrogens with zero attached hydrogens (tertiary/aromatic N) is 1. The van der Waals surface area contributed by atoms with Gasteiger partial charge in [0, 0.05) is 12.6 Å². The molecule has 0 saturated heterocycles. The minimum atomic E-state index is -4.06. The Kier molecular flexibility index (Phi) is 9.58. The maximum atomic E-state index is 13.6. The van der Waals surface area contributed by atoms with Crippen molar-refractivity contribution in [3.63, 3.8) is 0 Å². The van der Waals surface area contributed by atoms with E-state index in [1.807, 2.05) is 31.2 Å². The molecule has 1 amide bonds. The van der Waals surface area contributed by atoms with Gasteiger partial charge in [0.1, 0.15) is 12.3 Å². The molecule has 1 N–H and O–H groups in total. The van der Waals surface area contributed by atoms with Crippen molar-refractivity contribution in [2.75, 3.05) is 38.2 Å². The molecule has 0 aliphatic heterocycles. The van der Waals surface area contributed by atoms with Gasteiger partial charge in [0.25, 0.3) is 10.0 Å². The number of sulfonamides is 1. The zero-order valence-electron chi connectivity index (χ0n) is 20.8. The van der Waals surface area contributed by atoms with Crippen LogP contribution in [0.25, 0.3) is 0 Å². The monoisotopic (exact) mass is 512 g/mol. The molecule has 0 unspecified atom stereocenters. The second-order valence-electron chi connectivity index (χ2n) is 7.89. The number of nitrogens with one attached hydrogen (secondary N) is 1. The van der Waals surface area contributed by atoms with E-state index < -0.39 is 15.9 Å². The highest BCUT2D eigenvalue weighted by molar-refractivity contribution is 7.92. The van der Waals surface area contributed by atoms with E-state index in [9.17, 15) is 13.2 Å². The standard InChI is InChI=1S/C27H32N2O6S/c1-4-35-23-14-12-21(13-15-23)9-8-18-28-27(30)20-29(22-10-6-5-7-11-22)36(31,32)24-16-17-25(33-2)26(19-24)34-3/h5-7,10-17,19H,4,8-9,18,20H2,1-3H3,(H,28,30). The van der Waals surface area contributed by atoms with Crippen LogP contribution < -0.4 is 23.8 Å². The molecule has 0 aliphatic rings. The molecule has 192 valence electrons. The van der Waals surface area contributed by atoms with E-state index in [-0.39, 0.29) is 17.2 Å². The number of hydrogen-bond acceptors (Lipinski definition) is 6. The Labute approximate surface area is 212 Å². The van der Waals surface area contributed by atoms with Crippen LogP contribution in [0.4, 0.5) is 5.69 Å². The lowest BCUT2D eigenvalue weighted by Gasteiger charge is -2.24. The number of para-hydroxylation sites is 1. The third kappa shape index (κ3) is 6.91. The molecule has 0 spiro atoms. The second kappa shape index (κ2) is 12.8. The van der Waals surface area contributed by atoms with E-state index in [4.69, 9.17) is 14.2 Å². The van der Waals surface area contributed by atoms with E-state index in [0.717, 1.165) is 22.0 Å². The molecule has 0 saturated carbocycles. The number of methoxy groups -OCH3 is 2. The molecule has 36 heavy (non-hydrogen) atoms. The highest BCUT2D eigenvalue weighted by atomic mass is 32.2. The summed E-state index contributed by atoms with van der Waals surface area (Å²) >= 11 is 0. The summed E-state index contributed by atoms with van der Waals surface area (Å²) in [6.45, 7) is 2.62. The fourth-order valence-corrected chi connectivity index (χ4v) is 5.08. The smallest absolute Gasteiger partial charge is 0.264 e. The van der Waals surface area contributed by atoms with E-state index in [1.54, 1.807) is 30.3 Å². The minimum absolute atomic E-state index is 0.00713. The lowest BCUT2D eigenvalue weighted by atomic mass is 10.1. The predicted molar refractivity (Wildman–Crippen MR) is 139 cm³/mol. The summed E-state index contributed by atoms with van der Waals surface area (Å²) in [7, 11) is -1.15. The predicted octanol–water partition coefficient (Wildman–Crippen LogP) is 4.05. The van der Waals surface area contributed by atoms with Gasteiger partial charge in [-0.1, -0.05) is 30.3 Å². The first-order valence-electron chi connectivity index (χ1n) is 11.7. The molecule has 3 aromatic carbocycles. The summed E-state index contributed by atoms with van der Waals surface area (Å²) in [5.41, 5.74) is 1.52. The summed E-state index contributed by atoms with van der Waals surface area (Å²) < 4.78 is 44.2. The molecular formula is C27H32N2O6S. The number of carbonyl (C=O) groups excluding carboxylic acids is 1. The van der Waals surface area contributed by atoms with Crippen LogP contribution in [0.3, 0.4) is 0 Å². The molecule has 9 heteroatoms. The van der Waals surface area contributed by atoms with E-state index in [0.29, 0.717) is 31.0 Å². The molecule has 0 atom stereocenters. The molecule has 8 nitrogen and oxygen atoms in total. The number of hydrogen-bond donors (Lipinski definition) is 1. The van der Waals surface area contributed by atoms with Crippen LogP contribution in [0.2, 0.25) is 0 Å². The van der Waals surface area contributed by atoms with Crippen molar-refractivity contribution in [2.45, 2.75) is 24.7 Å². The average Bonchev–Trinajstić information content (AvgIpc) is 2.90. The fourth-order valence-electron chi connectivity index (χ4n) is 3.64. The number of rotatable bonds is 13.